The van der Waals surface area contributed by atoms with E-state index in [1.165, 1.54) is 0 Å². The number of nitrogens with one attached hydrogen (secondary N) is 2. The lowest BCUT2D eigenvalue weighted by Gasteiger charge is -2.14. The van der Waals surface area contributed by atoms with E-state index < -0.39 is 0 Å². The number of aryl methyl sites for hydroxylation is 1. The van der Waals surface area contributed by atoms with Crippen molar-refractivity contribution in [2.75, 3.05) is 18.5 Å². The minimum Gasteiger partial charge on any atom is -0.376 e. The highest BCUT2D eigenvalue weighted by molar-refractivity contribution is 6.31. The number of anilines is 1. The summed E-state index contributed by atoms with van der Waals surface area (Å²) in [6, 6.07) is 14.7. The molecule has 0 saturated carbocycles. The Hall–Kier alpha value is -2.37. The van der Waals surface area contributed by atoms with Crippen LogP contribution in [0, 0.1) is 6.92 Å². The fourth-order valence-electron chi connectivity index (χ4n) is 2.76. The van der Waals surface area contributed by atoms with E-state index in [1.54, 1.807) is 18.2 Å². The van der Waals surface area contributed by atoms with Crippen LogP contribution >= 0.6 is 11.6 Å². The van der Waals surface area contributed by atoms with Crippen molar-refractivity contribution in [1.82, 2.24) is 5.32 Å². The molecule has 2 N–H and O–H groups in total. The molecule has 1 aliphatic rings. The van der Waals surface area contributed by atoms with Crippen LogP contribution in [-0.2, 0) is 4.74 Å². The molecule has 136 valence electrons. The van der Waals surface area contributed by atoms with E-state index in [4.69, 9.17) is 16.3 Å². The molecule has 1 atom stereocenters. The quantitative estimate of drug-likeness (QED) is 0.630. The number of halogens is 1. The summed E-state index contributed by atoms with van der Waals surface area (Å²) in [6.07, 6.45) is 2.13. The second-order valence-corrected chi connectivity index (χ2v) is 6.72. The maximum atomic E-state index is 12.6. The van der Waals surface area contributed by atoms with Gasteiger partial charge in [-0.25, -0.2) is 4.99 Å². The van der Waals surface area contributed by atoms with Gasteiger partial charge in [-0.2, -0.15) is 0 Å². The number of nitrogens with zero attached hydrogens (tertiary/aromatic N) is 1. The van der Waals surface area contributed by atoms with Crippen LogP contribution in [0.2, 0.25) is 5.02 Å². The van der Waals surface area contributed by atoms with Gasteiger partial charge in [-0.3, -0.25) is 10.1 Å². The number of benzene rings is 2. The molecule has 1 amide bonds. The Morgan fingerprint density at radius 1 is 1.27 bits per heavy atom. The highest BCUT2D eigenvalue weighted by Gasteiger charge is 2.16. The van der Waals surface area contributed by atoms with Gasteiger partial charge in [0.1, 0.15) is 0 Å². The molecule has 1 heterocycles. The molecule has 0 aliphatic carbocycles. The molecule has 1 aliphatic heterocycles. The lowest BCUT2D eigenvalue weighted by Crippen LogP contribution is -2.36. The highest BCUT2D eigenvalue weighted by Crippen LogP contribution is 2.15. The van der Waals surface area contributed by atoms with Crippen LogP contribution in [0.4, 0.5) is 5.69 Å². The Labute approximate surface area is 158 Å². The molecule has 0 unspecified atom stereocenters. The van der Waals surface area contributed by atoms with Gasteiger partial charge in [-0.1, -0.05) is 35.4 Å². The van der Waals surface area contributed by atoms with Crippen molar-refractivity contribution in [2.45, 2.75) is 25.9 Å². The van der Waals surface area contributed by atoms with Crippen LogP contribution in [0.15, 0.2) is 53.5 Å². The average Bonchev–Trinajstić information content (AvgIpc) is 3.13. The van der Waals surface area contributed by atoms with Crippen LogP contribution in [0.3, 0.4) is 0 Å². The van der Waals surface area contributed by atoms with Crippen LogP contribution < -0.4 is 10.6 Å². The van der Waals surface area contributed by atoms with Crippen molar-refractivity contribution in [3.8, 4) is 0 Å². The summed E-state index contributed by atoms with van der Waals surface area (Å²) in [5, 5.41) is 6.60. The molecular weight excluding hydrogens is 350 g/mol. The van der Waals surface area contributed by atoms with E-state index in [2.05, 4.69) is 15.6 Å². The summed E-state index contributed by atoms with van der Waals surface area (Å²) in [4.78, 5) is 17.1. The van der Waals surface area contributed by atoms with Crippen LogP contribution in [-0.4, -0.2) is 31.1 Å². The second kappa shape index (κ2) is 8.83. The van der Waals surface area contributed by atoms with Crippen molar-refractivity contribution < 1.29 is 9.53 Å². The number of rotatable bonds is 4. The van der Waals surface area contributed by atoms with Gasteiger partial charge in [0.25, 0.3) is 5.91 Å². The molecule has 0 spiro atoms. The third kappa shape index (κ3) is 5.31. The maximum Gasteiger partial charge on any atom is 0.257 e. The summed E-state index contributed by atoms with van der Waals surface area (Å²) >= 11 is 6.04. The topological polar surface area (TPSA) is 62.7 Å². The Balaban J connectivity index is 1.75. The van der Waals surface area contributed by atoms with Gasteiger partial charge in [0, 0.05) is 22.9 Å². The zero-order valence-electron chi connectivity index (χ0n) is 14.7. The first-order valence-electron chi connectivity index (χ1n) is 8.67. The van der Waals surface area contributed by atoms with Crippen LogP contribution in [0.25, 0.3) is 0 Å². The molecule has 1 fully saturated rings. The number of aliphatic imine (C=N–C) groups is 1. The summed E-state index contributed by atoms with van der Waals surface area (Å²) in [5.41, 5.74) is 2.37. The fraction of sp³-hybridized carbons (Fsp3) is 0.300. The summed E-state index contributed by atoms with van der Waals surface area (Å²) in [6.45, 7) is 3.22. The third-order valence-electron chi connectivity index (χ3n) is 4.08. The number of guanidine groups is 1. The Morgan fingerprint density at radius 2 is 2.12 bits per heavy atom. The Kier molecular flexibility index (Phi) is 6.26. The first-order chi connectivity index (χ1) is 12.6. The first kappa shape index (κ1) is 18.4. The fourth-order valence-corrected chi connectivity index (χ4v) is 2.95. The maximum absolute atomic E-state index is 12.6. The van der Waals surface area contributed by atoms with Crippen LogP contribution in [0.1, 0.15) is 28.8 Å². The Bertz CT molecular complexity index is 801. The molecule has 3 rings (SSSR count). The third-order valence-corrected chi connectivity index (χ3v) is 4.31. The van der Waals surface area contributed by atoms with E-state index >= 15 is 0 Å². The molecule has 0 bridgehead atoms. The monoisotopic (exact) mass is 371 g/mol. The van der Waals surface area contributed by atoms with Crippen molar-refractivity contribution in [2.24, 2.45) is 4.99 Å². The zero-order valence-corrected chi connectivity index (χ0v) is 15.4. The van der Waals surface area contributed by atoms with Gasteiger partial charge < -0.3 is 10.1 Å². The van der Waals surface area contributed by atoms with E-state index in [1.807, 2.05) is 37.3 Å². The summed E-state index contributed by atoms with van der Waals surface area (Å²) in [7, 11) is 0. The van der Waals surface area contributed by atoms with Gasteiger partial charge in [0.05, 0.1) is 12.6 Å². The normalized spacial score (nSPS) is 17.2. The molecule has 0 radical (unpaired) electrons. The van der Waals surface area contributed by atoms with Gasteiger partial charge >= 0.3 is 0 Å². The van der Waals surface area contributed by atoms with E-state index in [-0.39, 0.29) is 12.0 Å². The number of carbonyl (C=O) groups excluding carboxylic acids is 1. The van der Waals surface area contributed by atoms with Crippen LogP contribution in [0.5, 0.6) is 0 Å². The van der Waals surface area contributed by atoms with Crippen molar-refractivity contribution >= 4 is 29.2 Å². The molecule has 2 aromatic carbocycles. The second-order valence-electron chi connectivity index (χ2n) is 6.28. The molecule has 6 heteroatoms. The Morgan fingerprint density at radius 3 is 2.85 bits per heavy atom. The SMILES string of the molecule is Cc1cccc(C(=O)NC(=NC[C@@H]2CCCO2)Nc2cccc(Cl)c2)c1. The van der Waals surface area contributed by atoms with Crippen molar-refractivity contribution in [3.63, 3.8) is 0 Å². The van der Waals surface area contributed by atoms with E-state index in [0.717, 1.165) is 30.7 Å². The number of amides is 1. The molecule has 0 aromatic heterocycles. The summed E-state index contributed by atoms with van der Waals surface area (Å²) < 4.78 is 5.61. The summed E-state index contributed by atoms with van der Waals surface area (Å²) in [5.74, 6) is 0.170. The van der Waals surface area contributed by atoms with Crippen molar-refractivity contribution in [3.05, 3.63) is 64.7 Å². The van der Waals surface area contributed by atoms with Gasteiger partial charge in [-0.05, 0) is 50.1 Å². The first-order valence-corrected chi connectivity index (χ1v) is 9.04. The molecule has 26 heavy (non-hydrogen) atoms. The molecule has 5 nitrogen and oxygen atoms in total. The minimum absolute atomic E-state index is 0.0991. The number of carbonyl (C=O) groups is 1. The highest BCUT2D eigenvalue weighted by atomic mass is 35.5. The number of hydrogen-bond donors (Lipinski definition) is 2. The van der Waals surface area contributed by atoms with E-state index in [0.29, 0.717) is 23.1 Å². The van der Waals surface area contributed by atoms with Gasteiger partial charge in [0.15, 0.2) is 0 Å². The minimum atomic E-state index is -0.214. The predicted octanol–water partition coefficient (Wildman–Crippen LogP) is 4.03. The predicted molar refractivity (Wildman–Crippen MR) is 105 cm³/mol. The molecule has 2 aromatic rings. The lowest BCUT2D eigenvalue weighted by atomic mass is 10.1. The van der Waals surface area contributed by atoms with Gasteiger partial charge in [-0.15, -0.1) is 0 Å². The molecule has 1 saturated heterocycles. The average molecular weight is 372 g/mol. The van der Waals surface area contributed by atoms with E-state index in [9.17, 15) is 4.79 Å². The largest absolute Gasteiger partial charge is 0.376 e. The number of hydrogen-bond acceptors (Lipinski definition) is 3. The lowest BCUT2D eigenvalue weighted by molar-refractivity contribution is 0.0975. The smallest absolute Gasteiger partial charge is 0.257 e. The standard InChI is InChI=1S/C20H22ClN3O2/c1-14-5-2-6-15(11-14)19(25)24-20(22-13-18-9-4-10-26-18)23-17-8-3-7-16(21)12-17/h2-3,5-8,11-12,18H,4,9-10,13H2,1H3,(H2,22,23,24,25)/t18-/m0/s1. The van der Waals surface area contributed by atoms with Gasteiger partial charge in [0.2, 0.25) is 5.96 Å². The number of ether oxygens (including phenoxy) is 1. The molecular formula is C20H22ClN3O2. The van der Waals surface area contributed by atoms with Crippen molar-refractivity contribution in [1.29, 1.82) is 0 Å². The zero-order chi connectivity index (χ0) is 18.4.